The van der Waals surface area contributed by atoms with Gasteiger partial charge in [0.05, 0.1) is 12.7 Å². The molecule has 3 heteroatoms. The molecule has 11 heavy (non-hydrogen) atoms. The van der Waals surface area contributed by atoms with Crippen molar-refractivity contribution in [2.75, 3.05) is 7.11 Å². The number of aryl methyl sites for hydroxylation is 1. The molecule has 0 aromatic carbocycles. The van der Waals surface area contributed by atoms with E-state index in [0.29, 0.717) is 11.4 Å². The monoisotopic (exact) mass is 150 g/mol. The van der Waals surface area contributed by atoms with Crippen molar-refractivity contribution >= 4 is 6.29 Å². The Hall–Kier alpha value is -1.38. The normalized spacial score (nSPS) is 9.27. The van der Waals surface area contributed by atoms with Gasteiger partial charge in [0.1, 0.15) is 0 Å². The van der Waals surface area contributed by atoms with Crippen LogP contribution in [-0.4, -0.2) is 18.4 Å². The molecule has 0 aliphatic carbocycles. The number of hydrogen-bond acceptors (Lipinski definition) is 3. The van der Waals surface area contributed by atoms with Crippen molar-refractivity contribution < 1.29 is 9.53 Å². The zero-order valence-electron chi connectivity index (χ0n) is 6.42. The van der Waals surface area contributed by atoms with Gasteiger partial charge in [0, 0.05) is 6.20 Å². The third-order valence-corrected chi connectivity index (χ3v) is 1.29. The van der Waals surface area contributed by atoms with Gasteiger partial charge in [0.15, 0.2) is 0 Å². The van der Waals surface area contributed by atoms with E-state index in [1.807, 2.05) is 6.92 Å². The average molecular weight is 150 g/mol. The van der Waals surface area contributed by atoms with Gasteiger partial charge >= 0.3 is 0 Å². The van der Waals surface area contributed by atoms with Gasteiger partial charge in [0.25, 0.3) is 0 Å². The highest BCUT2D eigenvalue weighted by atomic mass is 16.5. The van der Waals surface area contributed by atoms with E-state index < -0.39 is 0 Å². The highest BCUT2D eigenvalue weighted by Gasteiger charge is 2.02. The fourth-order valence-corrected chi connectivity index (χ4v) is 0.792. The molecule has 1 radical (unpaired) electrons. The number of rotatable bonds is 2. The van der Waals surface area contributed by atoms with E-state index in [1.54, 1.807) is 18.5 Å². The molecule has 0 aliphatic rings. The predicted molar refractivity (Wildman–Crippen MR) is 40.3 cm³/mol. The maximum Gasteiger partial charge on any atom is 0.239 e. The lowest BCUT2D eigenvalue weighted by molar-refractivity contribution is 0.396. The van der Waals surface area contributed by atoms with Crippen molar-refractivity contribution in [3.05, 3.63) is 23.4 Å². The van der Waals surface area contributed by atoms with Crippen molar-refractivity contribution in [1.82, 2.24) is 4.98 Å². The molecule has 0 aliphatic heterocycles. The zero-order valence-corrected chi connectivity index (χ0v) is 6.42. The standard InChI is InChI=1S/C8H8NO2/c1-6-3-7(5-10)8(11-2)9-4-6/h3-4H,1-2H3. The molecule has 1 rings (SSSR count). The fraction of sp³-hybridized carbons (Fsp3) is 0.250. The first-order chi connectivity index (χ1) is 5.27. The second-order valence-electron chi connectivity index (χ2n) is 2.17. The number of pyridine rings is 1. The van der Waals surface area contributed by atoms with Gasteiger partial charge in [-0.25, -0.2) is 4.98 Å². The molecule has 1 aromatic rings. The quantitative estimate of drug-likeness (QED) is 0.627. The first-order valence-electron chi connectivity index (χ1n) is 3.16. The lowest BCUT2D eigenvalue weighted by Crippen LogP contribution is -1.94. The van der Waals surface area contributed by atoms with E-state index in [-0.39, 0.29) is 0 Å². The highest BCUT2D eigenvalue weighted by molar-refractivity contribution is 5.78. The number of nitrogens with zero attached hydrogens (tertiary/aromatic N) is 1. The summed E-state index contributed by atoms with van der Waals surface area (Å²) in [4.78, 5) is 14.2. The summed E-state index contributed by atoms with van der Waals surface area (Å²) in [5, 5.41) is 0. The molecule has 0 N–H and O–H groups in total. The molecule has 0 atom stereocenters. The van der Waals surface area contributed by atoms with E-state index in [9.17, 15) is 4.79 Å². The van der Waals surface area contributed by atoms with Crippen LogP contribution in [0.15, 0.2) is 12.3 Å². The smallest absolute Gasteiger partial charge is 0.239 e. The molecule has 3 nitrogen and oxygen atoms in total. The van der Waals surface area contributed by atoms with E-state index in [2.05, 4.69) is 4.98 Å². The third kappa shape index (κ3) is 1.55. The van der Waals surface area contributed by atoms with Crippen LogP contribution in [0.1, 0.15) is 11.1 Å². The minimum atomic E-state index is 0.325. The van der Waals surface area contributed by atoms with Crippen molar-refractivity contribution in [3.8, 4) is 5.88 Å². The predicted octanol–water partition coefficient (Wildman–Crippen LogP) is 0.856. The minimum Gasteiger partial charge on any atom is -0.480 e. The van der Waals surface area contributed by atoms with Gasteiger partial charge in [-0.15, -0.1) is 0 Å². The number of aromatic nitrogens is 1. The Bertz CT molecular complexity index is 271. The van der Waals surface area contributed by atoms with Crippen LogP contribution >= 0.6 is 0 Å². The van der Waals surface area contributed by atoms with Gasteiger partial charge in [0.2, 0.25) is 12.2 Å². The van der Waals surface area contributed by atoms with Crippen LogP contribution in [0.5, 0.6) is 5.88 Å². The van der Waals surface area contributed by atoms with Crippen LogP contribution < -0.4 is 4.74 Å². The number of ether oxygens (including phenoxy) is 1. The maximum absolute atomic E-state index is 10.3. The zero-order chi connectivity index (χ0) is 8.27. The fourth-order valence-electron chi connectivity index (χ4n) is 0.792. The Morgan fingerprint density at radius 3 is 2.91 bits per heavy atom. The molecular weight excluding hydrogens is 142 g/mol. The first kappa shape index (κ1) is 7.72. The summed E-state index contributed by atoms with van der Waals surface area (Å²) in [5.41, 5.74) is 1.29. The molecular formula is C8H8NO2. The average Bonchev–Trinajstić information content (AvgIpc) is 2.04. The van der Waals surface area contributed by atoms with Crippen LogP contribution in [0.2, 0.25) is 0 Å². The van der Waals surface area contributed by atoms with Gasteiger partial charge in [-0.2, -0.15) is 0 Å². The summed E-state index contributed by atoms with van der Waals surface area (Å²) >= 11 is 0. The number of carbonyl (C=O) groups excluding carboxylic acids is 1. The second kappa shape index (κ2) is 3.14. The van der Waals surface area contributed by atoms with Crippen LogP contribution in [0.25, 0.3) is 0 Å². The van der Waals surface area contributed by atoms with E-state index in [4.69, 9.17) is 4.74 Å². The van der Waals surface area contributed by atoms with Gasteiger partial charge in [-0.1, -0.05) is 0 Å². The number of hydrogen-bond donors (Lipinski definition) is 0. The Kier molecular flexibility index (Phi) is 2.21. The summed E-state index contributed by atoms with van der Waals surface area (Å²) in [6.07, 6.45) is 3.39. The van der Waals surface area contributed by atoms with Crippen LogP contribution in [0.4, 0.5) is 0 Å². The summed E-state index contributed by atoms with van der Waals surface area (Å²) in [6, 6.07) is 1.68. The summed E-state index contributed by atoms with van der Waals surface area (Å²) in [6.45, 7) is 1.85. The largest absolute Gasteiger partial charge is 0.480 e. The molecule has 1 aromatic heterocycles. The molecule has 0 bridgehead atoms. The minimum absolute atomic E-state index is 0.325. The summed E-state index contributed by atoms with van der Waals surface area (Å²) in [5.74, 6) is 0.325. The molecule has 0 saturated carbocycles. The van der Waals surface area contributed by atoms with Gasteiger partial charge in [-0.05, 0) is 18.6 Å². The van der Waals surface area contributed by atoms with Crippen LogP contribution in [-0.2, 0) is 4.79 Å². The van der Waals surface area contributed by atoms with Crippen LogP contribution in [0.3, 0.4) is 0 Å². The molecule has 0 spiro atoms. The van der Waals surface area contributed by atoms with Crippen molar-refractivity contribution in [2.24, 2.45) is 0 Å². The van der Waals surface area contributed by atoms with E-state index in [1.165, 1.54) is 7.11 Å². The topological polar surface area (TPSA) is 39.2 Å². The Morgan fingerprint density at radius 2 is 2.36 bits per heavy atom. The molecule has 1 heterocycles. The molecule has 0 fully saturated rings. The van der Waals surface area contributed by atoms with E-state index >= 15 is 0 Å². The molecule has 0 unspecified atom stereocenters. The summed E-state index contributed by atoms with van der Waals surface area (Å²) in [7, 11) is 1.47. The van der Waals surface area contributed by atoms with Crippen molar-refractivity contribution in [1.29, 1.82) is 0 Å². The molecule has 0 amide bonds. The lowest BCUT2D eigenvalue weighted by Gasteiger charge is -2.00. The Morgan fingerprint density at radius 1 is 1.64 bits per heavy atom. The van der Waals surface area contributed by atoms with Crippen molar-refractivity contribution in [3.63, 3.8) is 0 Å². The van der Waals surface area contributed by atoms with E-state index in [0.717, 1.165) is 5.56 Å². The second-order valence-corrected chi connectivity index (χ2v) is 2.17. The Balaban J connectivity index is 3.16. The molecule has 0 saturated heterocycles. The number of methoxy groups -OCH3 is 1. The Labute approximate surface area is 65.0 Å². The third-order valence-electron chi connectivity index (χ3n) is 1.29. The van der Waals surface area contributed by atoms with Crippen LogP contribution in [0, 0.1) is 6.92 Å². The molecule has 57 valence electrons. The summed E-state index contributed by atoms with van der Waals surface area (Å²) < 4.78 is 4.82. The maximum atomic E-state index is 10.3. The lowest BCUT2D eigenvalue weighted by atomic mass is 10.2. The highest BCUT2D eigenvalue weighted by Crippen LogP contribution is 2.12. The van der Waals surface area contributed by atoms with Gasteiger partial charge in [-0.3, -0.25) is 4.79 Å². The SMILES string of the molecule is COc1ncc(C)cc1[C]=O. The van der Waals surface area contributed by atoms with Gasteiger partial charge < -0.3 is 4.74 Å². The first-order valence-corrected chi connectivity index (χ1v) is 3.16. The van der Waals surface area contributed by atoms with Crippen molar-refractivity contribution in [2.45, 2.75) is 6.92 Å².